The van der Waals surface area contributed by atoms with Crippen molar-refractivity contribution in [2.24, 2.45) is 5.73 Å². The smallest absolute Gasteiger partial charge is 0.121 e. The third kappa shape index (κ3) is 2.94. The van der Waals surface area contributed by atoms with E-state index < -0.39 is 0 Å². The summed E-state index contributed by atoms with van der Waals surface area (Å²) < 4.78 is 5.23. The lowest BCUT2D eigenvalue weighted by atomic mass is 10.2. The summed E-state index contributed by atoms with van der Waals surface area (Å²) in [5.41, 5.74) is 5.58. The maximum atomic E-state index is 5.58. The fourth-order valence-corrected chi connectivity index (χ4v) is 1.05. The van der Waals surface area contributed by atoms with Crippen molar-refractivity contribution in [3.8, 4) is 11.8 Å². The van der Waals surface area contributed by atoms with E-state index in [-0.39, 0.29) is 6.04 Å². The number of rotatable bonds is 4. The van der Waals surface area contributed by atoms with Crippen molar-refractivity contribution in [3.63, 3.8) is 0 Å². The van der Waals surface area contributed by atoms with Crippen LogP contribution in [0.1, 0.15) is 18.7 Å². The van der Waals surface area contributed by atoms with Gasteiger partial charge >= 0.3 is 0 Å². The molecular formula is C10H14N2O. The van der Waals surface area contributed by atoms with E-state index in [2.05, 4.69) is 17.2 Å². The van der Waals surface area contributed by atoms with Crippen LogP contribution in [0.3, 0.4) is 0 Å². The molecule has 0 saturated heterocycles. The van der Waals surface area contributed by atoms with Gasteiger partial charge in [0.2, 0.25) is 0 Å². The van der Waals surface area contributed by atoms with Crippen LogP contribution in [0.15, 0.2) is 22.8 Å². The van der Waals surface area contributed by atoms with Crippen molar-refractivity contribution in [1.29, 1.82) is 0 Å². The van der Waals surface area contributed by atoms with Gasteiger partial charge in [0.25, 0.3) is 0 Å². The molecule has 1 heterocycles. The molecule has 1 atom stereocenters. The average Bonchev–Trinajstić information content (AvgIpc) is 2.65. The first-order chi connectivity index (χ1) is 6.38. The van der Waals surface area contributed by atoms with Gasteiger partial charge in [0.1, 0.15) is 5.76 Å². The number of hydrogen-bond donors (Lipinski definition) is 2. The summed E-state index contributed by atoms with van der Waals surface area (Å²) in [6.45, 7) is 2.96. The van der Waals surface area contributed by atoms with Gasteiger partial charge < -0.3 is 10.2 Å². The Balaban J connectivity index is 2.47. The molecule has 1 aromatic rings. The summed E-state index contributed by atoms with van der Waals surface area (Å²) >= 11 is 0. The molecule has 0 radical (unpaired) electrons. The molecule has 0 aliphatic rings. The highest BCUT2D eigenvalue weighted by molar-refractivity contribution is 5.06. The molecular weight excluding hydrogens is 164 g/mol. The van der Waals surface area contributed by atoms with Crippen LogP contribution in [-0.2, 0) is 0 Å². The zero-order valence-electron chi connectivity index (χ0n) is 7.71. The second-order valence-electron chi connectivity index (χ2n) is 2.61. The quantitative estimate of drug-likeness (QED) is 0.673. The Hall–Kier alpha value is -1.24. The molecule has 0 fully saturated rings. The van der Waals surface area contributed by atoms with Gasteiger partial charge in [-0.25, -0.2) is 0 Å². The minimum absolute atomic E-state index is 0.0656. The lowest BCUT2D eigenvalue weighted by Gasteiger charge is -2.11. The Kier molecular flexibility index (Phi) is 4.10. The van der Waals surface area contributed by atoms with E-state index in [0.29, 0.717) is 13.1 Å². The zero-order chi connectivity index (χ0) is 9.52. The third-order valence-corrected chi connectivity index (χ3v) is 1.74. The lowest BCUT2D eigenvalue weighted by Crippen LogP contribution is -2.28. The molecule has 0 aromatic carbocycles. The number of nitrogens with one attached hydrogen (secondary N) is 1. The molecule has 13 heavy (non-hydrogen) atoms. The van der Waals surface area contributed by atoms with Crippen molar-refractivity contribution in [1.82, 2.24) is 5.32 Å². The molecule has 0 spiro atoms. The van der Waals surface area contributed by atoms with Crippen LogP contribution in [0.4, 0.5) is 0 Å². The molecule has 3 heteroatoms. The van der Waals surface area contributed by atoms with Crippen LogP contribution in [0.25, 0.3) is 0 Å². The minimum atomic E-state index is 0.0656. The van der Waals surface area contributed by atoms with Crippen molar-refractivity contribution < 1.29 is 4.42 Å². The van der Waals surface area contributed by atoms with Gasteiger partial charge in [0.05, 0.1) is 18.8 Å². The van der Waals surface area contributed by atoms with E-state index in [9.17, 15) is 0 Å². The molecule has 3 nitrogen and oxygen atoms in total. The standard InChI is InChI=1S/C10H14N2O/c1-2-3-6-12-9(8-11)10-5-4-7-13-10/h4-5,7,9,12H,6,8,11H2,1H3. The second-order valence-corrected chi connectivity index (χ2v) is 2.61. The van der Waals surface area contributed by atoms with Crippen LogP contribution in [-0.4, -0.2) is 13.1 Å². The SMILES string of the molecule is CC#CCNC(CN)c1ccco1. The number of nitrogens with two attached hydrogens (primary N) is 1. The fourth-order valence-electron chi connectivity index (χ4n) is 1.05. The lowest BCUT2D eigenvalue weighted by molar-refractivity contribution is 0.429. The molecule has 1 unspecified atom stereocenters. The van der Waals surface area contributed by atoms with Crippen molar-refractivity contribution >= 4 is 0 Å². The van der Waals surface area contributed by atoms with E-state index in [4.69, 9.17) is 10.2 Å². The summed E-state index contributed by atoms with van der Waals surface area (Å²) in [7, 11) is 0. The summed E-state index contributed by atoms with van der Waals surface area (Å²) in [6, 6.07) is 3.82. The minimum Gasteiger partial charge on any atom is -0.468 e. The Morgan fingerprint density at radius 3 is 3.08 bits per heavy atom. The van der Waals surface area contributed by atoms with Crippen LogP contribution in [0.5, 0.6) is 0 Å². The van der Waals surface area contributed by atoms with Gasteiger partial charge in [-0.05, 0) is 19.1 Å². The summed E-state index contributed by atoms with van der Waals surface area (Å²) in [5, 5.41) is 3.18. The van der Waals surface area contributed by atoms with Crippen molar-refractivity contribution in [2.75, 3.05) is 13.1 Å². The zero-order valence-corrected chi connectivity index (χ0v) is 7.71. The van der Waals surface area contributed by atoms with Crippen molar-refractivity contribution in [2.45, 2.75) is 13.0 Å². The number of furan rings is 1. The Morgan fingerprint density at radius 1 is 1.69 bits per heavy atom. The van der Waals surface area contributed by atoms with E-state index >= 15 is 0 Å². The molecule has 0 saturated carbocycles. The molecule has 3 N–H and O–H groups in total. The average molecular weight is 178 g/mol. The highest BCUT2D eigenvalue weighted by atomic mass is 16.3. The molecule has 0 aliphatic carbocycles. The topological polar surface area (TPSA) is 51.2 Å². The maximum absolute atomic E-state index is 5.58. The largest absolute Gasteiger partial charge is 0.468 e. The summed E-state index contributed by atoms with van der Waals surface area (Å²) in [4.78, 5) is 0. The van der Waals surface area contributed by atoms with Crippen molar-refractivity contribution in [3.05, 3.63) is 24.2 Å². The van der Waals surface area contributed by atoms with E-state index in [1.807, 2.05) is 19.1 Å². The molecule has 1 rings (SSSR count). The third-order valence-electron chi connectivity index (χ3n) is 1.74. The van der Waals surface area contributed by atoms with Crippen LogP contribution >= 0.6 is 0 Å². The first kappa shape index (κ1) is 9.85. The molecule has 0 amide bonds. The Bertz CT molecular complexity index is 282. The van der Waals surface area contributed by atoms with E-state index in [0.717, 1.165) is 5.76 Å². The summed E-state index contributed by atoms with van der Waals surface area (Å²) in [6.07, 6.45) is 1.64. The van der Waals surface area contributed by atoms with Gasteiger partial charge in [-0.1, -0.05) is 5.92 Å². The van der Waals surface area contributed by atoms with Gasteiger partial charge in [-0.3, -0.25) is 5.32 Å². The predicted molar refractivity (Wildman–Crippen MR) is 52.0 cm³/mol. The summed E-state index contributed by atoms with van der Waals surface area (Å²) in [5.74, 6) is 6.59. The Morgan fingerprint density at radius 2 is 2.54 bits per heavy atom. The van der Waals surface area contributed by atoms with Crippen LogP contribution in [0, 0.1) is 11.8 Å². The first-order valence-electron chi connectivity index (χ1n) is 4.25. The van der Waals surface area contributed by atoms with Gasteiger partial charge in [0.15, 0.2) is 0 Å². The van der Waals surface area contributed by atoms with Gasteiger partial charge in [-0.15, -0.1) is 5.92 Å². The normalized spacial score (nSPS) is 11.8. The monoisotopic (exact) mass is 178 g/mol. The Labute approximate surface area is 78.3 Å². The fraction of sp³-hybridized carbons (Fsp3) is 0.400. The highest BCUT2D eigenvalue weighted by Crippen LogP contribution is 2.10. The predicted octanol–water partition coefficient (Wildman–Crippen LogP) is 0.892. The van der Waals surface area contributed by atoms with E-state index in [1.165, 1.54) is 0 Å². The van der Waals surface area contributed by atoms with Gasteiger partial charge in [-0.2, -0.15) is 0 Å². The highest BCUT2D eigenvalue weighted by Gasteiger charge is 2.09. The first-order valence-corrected chi connectivity index (χ1v) is 4.25. The second kappa shape index (κ2) is 5.41. The van der Waals surface area contributed by atoms with Crippen LogP contribution < -0.4 is 11.1 Å². The van der Waals surface area contributed by atoms with E-state index in [1.54, 1.807) is 6.26 Å². The van der Waals surface area contributed by atoms with Gasteiger partial charge in [0, 0.05) is 6.54 Å². The molecule has 0 aliphatic heterocycles. The molecule has 70 valence electrons. The molecule has 0 bridgehead atoms. The maximum Gasteiger partial charge on any atom is 0.121 e. The number of hydrogen-bond acceptors (Lipinski definition) is 3. The molecule has 1 aromatic heterocycles. The van der Waals surface area contributed by atoms with Crippen LogP contribution in [0.2, 0.25) is 0 Å².